The lowest BCUT2D eigenvalue weighted by Crippen LogP contribution is -2.42. The van der Waals surface area contributed by atoms with Gasteiger partial charge in [-0.3, -0.25) is 14.4 Å². The van der Waals surface area contributed by atoms with Crippen LogP contribution in [0.25, 0.3) is 16.1 Å². The Morgan fingerprint density at radius 1 is 0.900 bits per heavy atom. The fraction of sp³-hybridized carbons (Fsp3) is 0.315. The number of likely N-dealkylation sites (tertiary alicyclic amines) is 1. The molecule has 7 heterocycles. The van der Waals surface area contributed by atoms with E-state index in [2.05, 4.69) is 74.7 Å². The Bertz CT molecular complexity index is 3070. The summed E-state index contributed by atoms with van der Waals surface area (Å²) in [4.78, 5) is 25.7. The highest BCUT2D eigenvalue weighted by atomic mass is 32.1. The average Bonchev–Trinajstić information content (AvgIpc) is 4.12. The van der Waals surface area contributed by atoms with Crippen molar-refractivity contribution in [2.75, 3.05) is 44.7 Å². The molecule has 0 saturated carbocycles. The van der Waals surface area contributed by atoms with Gasteiger partial charge in [-0.1, -0.05) is 24.3 Å². The van der Waals surface area contributed by atoms with Crippen molar-refractivity contribution in [3.63, 3.8) is 0 Å². The second-order valence-corrected chi connectivity index (χ2v) is 19.4. The van der Waals surface area contributed by atoms with Crippen molar-refractivity contribution in [3.8, 4) is 22.2 Å². The lowest BCUT2D eigenvalue weighted by Gasteiger charge is -2.38. The summed E-state index contributed by atoms with van der Waals surface area (Å²) in [7, 11) is 2.28. The number of carbonyl (C=O) groups is 1. The van der Waals surface area contributed by atoms with Crippen LogP contribution in [0.4, 0.5) is 18.9 Å². The van der Waals surface area contributed by atoms with Gasteiger partial charge in [0.15, 0.2) is 18.0 Å². The molecule has 11 rings (SSSR count). The molecule has 1 N–H and O–H groups in total. The Hall–Kier alpha value is -7.04. The average molecular weight is 970 g/mol. The first-order chi connectivity index (χ1) is 33.7. The molecule has 70 heavy (non-hydrogen) atoms. The molecular formula is C54H54F3N7O5S. The molecule has 2 fully saturated rings. The summed E-state index contributed by atoms with van der Waals surface area (Å²) >= 11 is 1.82. The molecule has 1 unspecified atom stereocenters. The van der Waals surface area contributed by atoms with E-state index in [1.54, 1.807) is 56.6 Å². The zero-order valence-electron chi connectivity index (χ0n) is 39.9. The number of rotatable bonds is 7. The van der Waals surface area contributed by atoms with Crippen molar-refractivity contribution in [2.24, 2.45) is 10.4 Å². The van der Waals surface area contributed by atoms with E-state index < -0.39 is 29.1 Å². The van der Waals surface area contributed by atoms with Gasteiger partial charge >= 0.3 is 0 Å². The summed E-state index contributed by atoms with van der Waals surface area (Å²) < 4.78 is 61.3. The van der Waals surface area contributed by atoms with Crippen LogP contribution < -0.4 is 14.4 Å². The number of anilines is 1. The maximum absolute atomic E-state index is 14.7. The number of aldehydes is 1. The molecule has 3 aromatic heterocycles. The summed E-state index contributed by atoms with van der Waals surface area (Å²) in [6, 6.07) is 21.3. The molecule has 2 saturated heterocycles. The fourth-order valence-electron chi connectivity index (χ4n) is 10.0. The van der Waals surface area contributed by atoms with Crippen molar-refractivity contribution in [1.82, 2.24) is 24.6 Å². The van der Waals surface area contributed by atoms with Crippen LogP contribution in [0.5, 0.6) is 17.2 Å². The van der Waals surface area contributed by atoms with Gasteiger partial charge in [0.25, 0.3) is 0 Å². The second-order valence-electron chi connectivity index (χ2n) is 18.2. The lowest BCUT2D eigenvalue weighted by atomic mass is 9.79. The molecule has 0 bridgehead atoms. The Balaban J connectivity index is 0.000000155. The Morgan fingerprint density at radius 3 is 2.33 bits per heavy atom. The van der Waals surface area contributed by atoms with Crippen LogP contribution in [0.3, 0.4) is 0 Å². The molecule has 16 heteroatoms. The number of aliphatic imine (C=N–C) groups is 1. The van der Waals surface area contributed by atoms with Gasteiger partial charge in [0.2, 0.25) is 0 Å². The molecule has 362 valence electrons. The van der Waals surface area contributed by atoms with E-state index in [-0.39, 0.29) is 17.9 Å². The molecular weight excluding hydrogens is 916 g/mol. The fourth-order valence-corrected chi connectivity index (χ4v) is 11.2. The van der Waals surface area contributed by atoms with E-state index in [1.165, 1.54) is 83.3 Å². The third-order valence-corrected chi connectivity index (χ3v) is 14.7. The summed E-state index contributed by atoms with van der Waals surface area (Å²) in [6.07, 6.45) is 6.88. The van der Waals surface area contributed by atoms with Gasteiger partial charge in [0, 0.05) is 76.9 Å². The molecule has 12 nitrogen and oxygen atoms in total. The number of allylic oxidation sites excluding steroid dienone is 1. The number of carbonyl (C=O) groups excluding carboxylic acids is 1. The number of thiophene rings is 1. The molecule has 7 aromatic rings. The topological polar surface area (TPSA) is 131 Å². The SMILES string of the molecule is CC1=C(c2c(F)cc(F)cc2F)[C@@H](c2ccc(OCC=O)cc2)Oc2ccc(O)cc21.Cc1ncco1.Cc1sc2c(c1C)C(c1ccc(N3CCC4(CCCN(C)C4)C3)cc1)=NCc1nnc(C)n1-2. The van der Waals surface area contributed by atoms with Gasteiger partial charge in [0.05, 0.1) is 17.5 Å². The van der Waals surface area contributed by atoms with Crippen LogP contribution in [0.1, 0.15) is 88.1 Å². The quantitative estimate of drug-likeness (QED) is 0.154. The first-order valence-electron chi connectivity index (χ1n) is 23.2. The van der Waals surface area contributed by atoms with Crippen molar-refractivity contribution in [2.45, 2.75) is 66.5 Å². The minimum Gasteiger partial charge on any atom is -0.508 e. The number of aromatic hydroxyl groups is 1. The molecule has 4 aliphatic heterocycles. The van der Waals surface area contributed by atoms with E-state index in [4.69, 9.17) is 18.9 Å². The molecule has 1 spiro atoms. The van der Waals surface area contributed by atoms with Crippen LogP contribution in [0, 0.1) is 50.6 Å². The first-order valence-corrected chi connectivity index (χ1v) is 24.0. The number of nitrogens with zero attached hydrogens (tertiary/aromatic N) is 7. The minimum absolute atomic E-state index is 0.0313. The van der Waals surface area contributed by atoms with E-state index in [0.717, 1.165) is 29.8 Å². The van der Waals surface area contributed by atoms with E-state index >= 15 is 0 Å². The largest absolute Gasteiger partial charge is 0.508 e. The van der Waals surface area contributed by atoms with Crippen LogP contribution in [-0.4, -0.2) is 81.6 Å². The van der Waals surface area contributed by atoms with Crippen LogP contribution in [0.2, 0.25) is 0 Å². The number of piperidine rings is 1. The molecule has 2 atom stereocenters. The number of hydrogen-bond donors (Lipinski definition) is 1. The molecule has 0 radical (unpaired) electrons. The number of fused-ring (bicyclic) bond motifs is 4. The highest BCUT2D eigenvalue weighted by Crippen LogP contribution is 2.49. The van der Waals surface area contributed by atoms with Crippen LogP contribution >= 0.6 is 11.3 Å². The van der Waals surface area contributed by atoms with Crippen molar-refractivity contribution in [3.05, 3.63) is 165 Å². The third kappa shape index (κ3) is 9.75. The van der Waals surface area contributed by atoms with E-state index in [1.807, 2.05) is 18.3 Å². The summed E-state index contributed by atoms with van der Waals surface area (Å²) in [5, 5.41) is 19.8. The van der Waals surface area contributed by atoms with Gasteiger partial charge in [-0.25, -0.2) is 18.2 Å². The van der Waals surface area contributed by atoms with Gasteiger partial charge in [0.1, 0.15) is 71.0 Å². The first kappa shape index (κ1) is 48.0. The number of aryl methyl sites for hydroxylation is 3. The summed E-state index contributed by atoms with van der Waals surface area (Å²) in [6.45, 7) is 15.2. The number of aromatic nitrogens is 4. The predicted octanol–water partition coefficient (Wildman–Crippen LogP) is 11.0. The Morgan fingerprint density at radius 2 is 1.66 bits per heavy atom. The molecule has 0 amide bonds. The number of phenolic OH excluding ortho intramolecular Hbond substituents is 1. The van der Waals surface area contributed by atoms with Crippen molar-refractivity contribution in [1.29, 1.82) is 0 Å². The highest BCUT2D eigenvalue weighted by molar-refractivity contribution is 7.15. The number of benzene rings is 4. The monoisotopic (exact) mass is 969 g/mol. The number of oxazole rings is 1. The minimum atomic E-state index is -1.06. The standard InChI is InChI=1S/C26H32N6S.C24H17F3O4.C4H5NO/c1-17-18(2)33-25-23(17)24(27-14-22-29-28-19(3)32(22)25)20-6-8-21(9-7-20)31-13-11-26(16-31)10-5-12-30(4)15-26;1-13-18-12-16(29)4-7-21(18)31-24(14-2-5-17(6-3-14)30-9-8-28)22(13)23-19(26)10-15(25)11-20(23)27;1-4-5-2-3-6-4/h6-9H,5,10-16H2,1-4H3;2-8,10-12,24,29H,9H2,1H3;2-3H,1H3/t;24-;/m.1./s1. The number of phenols is 1. The smallest absolute Gasteiger partial charge is 0.190 e. The number of ether oxygens (including phenoxy) is 2. The Kier molecular flexibility index (Phi) is 13.8. The van der Waals surface area contributed by atoms with Gasteiger partial charge in [-0.2, -0.15) is 0 Å². The maximum Gasteiger partial charge on any atom is 0.190 e. The third-order valence-electron chi connectivity index (χ3n) is 13.5. The van der Waals surface area contributed by atoms with Crippen LogP contribution in [0.15, 0.2) is 101 Å². The predicted molar refractivity (Wildman–Crippen MR) is 265 cm³/mol. The van der Waals surface area contributed by atoms with Crippen LogP contribution in [-0.2, 0) is 11.3 Å². The maximum atomic E-state index is 14.7. The van der Waals surface area contributed by atoms with Gasteiger partial charge in [-0.15, -0.1) is 21.5 Å². The normalized spacial score (nSPS) is 18.3. The Labute approximate surface area is 408 Å². The second kappa shape index (κ2) is 20.1. The molecule has 4 aliphatic rings. The summed E-state index contributed by atoms with van der Waals surface area (Å²) in [5.74, 6) is 0.250. The summed E-state index contributed by atoms with van der Waals surface area (Å²) in [5.41, 5.74) is 7.91. The number of halogens is 3. The number of hydrogen-bond acceptors (Lipinski definition) is 12. The van der Waals surface area contributed by atoms with E-state index in [9.17, 15) is 23.1 Å². The molecule has 0 aliphatic carbocycles. The van der Waals surface area contributed by atoms with Gasteiger partial charge in [-0.05, 0) is 120 Å². The zero-order valence-corrected chi connectivity index (χ0v) is 40.7. The lowest BCUT2D eigenvalue weighted by molar-refractivity contribution is -0.109. The van der Waals surface area contributed by atoms with E-state index in [0.29, 0.717) is 58.6 Å². The zero-order chi connectivity index (χ0) is 49.3. The van der Waals surface area contributed by atoms with Gasteiger partial charge < -0.3 is 28.8 Å². The highest BCUT2D eigenvalue weighted by Gasteiger charge is 2.41. The van der Waals surface area contributed by atoms with Crippen molar-refractivity contribution < 1.29 is 37.0 Å². The van der Waals surface area contributed by atoms with Crippen molar-refractivity contribution >= 4 is 40.2 Å². The molecule has 4 aromatic carbocycles.